The minimum absolute atomic E-state index is 0.0973. The molecule has 2 aromatic carbocycles. The number of nitrogens with one attached hydrogen (secondary N) is 2. The van der Waals surface area contributed by atoms with E-state index in [4.69, 9.17) is 5.73 Å². The summed E-state index contributed by atoms with van der Waals surface area (Å²) in [5, 5.41) is 14.2. The second-order valence-corrected chi connectivity index (χ2v) is 5.29. The number of amides is 4. The number of urea groups is 2. The quantitative estimate of drug-likeness (QED) is 0.584. The number of carbonyl (C=O) groups excluding carboxylic acids is 2. The minimum Gasteiger partial charge on any atom is -0.350 e. The van der Waals surface area contributed by atoms with Gasteiger partial charge in [0.2, 0.25) is 0 Å². The number of aryl methyl sites for hydroxylation is 2. The van der Waals surface area contributed by atoms with E-state index in [1.807, 2.05) is 6.07 Å². The molecule has 4 N–H and O–H groups in total. The number of nitro groups is 1. The molecule has 0 fully saturated rings. The highest BCUT2D eigenvalue weighted by molar-refractivity contribution is 6.04. The van der Waals surface area contributed by atoms with Crippen LogP contribution in [0.3, 0.4) is 0 Å². The molecule has 9 nitrogen and oxygen atoms in total. The number of para-hydroxylation sites is 1. The number of non-ortho nitro benzene ring substituents is 1. The zero-order valence-electron chi connectivity index (χ0n) is 13.6. The summed E-state index contributed by atoms with van der Waals surface area (Å²) < 4.78 is 0. The average molecular weight is 343 g/mol. The van der Waals surface area contributed by atoms with Crippen LogP contribution in [0.5, 0.6) is 0 Å². The number of nitro benzene ring substituents is 1. The minimum atomic E-state index is -0.901. The van der Waals surface area contributed by atoms with E-state index in [1.54, 1.807) is 26.0 Å². The molecule has 0 spiro atoms. The van der Waals surface area contributed by atoms with Crippen LogP contribution in [0.4, 0.5) is 26.7 Å². The molecule has 9 heteroatoms. The number of nitrogens with two attached hydrogens (primary N) is 1. The average Bonchev–Trinajstić information content (AvgIpc) is 2.53. The van der Waals surface area contributed by atoms with Gasteiger partial charge in [-0.3, -0.25) is 10.1 Å². The van der Waals surface area contributed by atoms with Crippen LogP contribution < -0.4 is 21.5 Å². The molecule has 0 heterocycles. The van der Waals surface area contributed by atoms with Crippen molar-refractivity contribution in [2.75, 3.05) is 10.3 Å². The molecular formula is C16H17N5O4. The van der Waals surface area contributed by atoms with Crippen LogP contribution in [-0.2, 0) is 0 Å². The van der Waals surface area contributed by atoms with Gasteiger partial charge in [-0.1, -0.05) is 18.2 Å². The van der Waals surface area contributed by atoms with Crippen LogP contribution >= 0.6 is 0 Å². The Morgan fingerprint density at radius 1 is 1.08 bits per heavy atom. The molecule has 0 aromatic heterocycles. The van der Waals surface area contributed by atoms with Crippen LogP contribution in [0, 0.1) is 24.0 Å². The van der Waals surface area contributed by atoms with Gasteiger partial charge in [0.1, 0.15) is 0 Å². The number of nitrogens with zero attached hydrogens (tertiary/aromatic N) is 2. The summed E-state index contributed by atoms with van der Waals surface area (Å²) in [4.78, 5) is 34.0. The van der Waals surface area contributed by atoms with Crippen molar-refractivity contribution >= 4 is 29.1 Å². The molecule has 0 saturated heterocycles. The van der Waals surface area contributed by atoms with E-state index < -0.39 is 17.0 Å². The van der Waals surface area contributed by atoms with E-state index in [-0.39, 0.29) is 5.69 Å². The lowest BCUT2D eigenvalue weighted by Crippen LogP contribution is -2.51. The molecule has 0 unspecified atom stereocenters. The first-order valence-electron chi connectivity index (χ1n) is 7.27. The molecule has 0 aliphatic rings. The van der Waals surface area contributed by atoms with Gasteiger partial charge in [0.25, 0.3) is 5.69 Å². The fourth-order valence-corrected chi connectivity index (χ4v) is 2.32. The van der Waals surface area contributed by atoms with Gasteiger partial charge in [0, 0.05) is 17.8 Å². The Labute approximate surface area is 143 Å². The summed E-state index contributed by atoms with van der Waals surface area (Å²) in [6.45, 7) is 3.58. The molecule has 0 atom stereocenters. The monoisotopic (exact) mass is 343 g/mol. The van der Waals surface area contributed by atoms with Crippen molar-refractivity contribution in [3.63, 3.8) is 0 Å². The van der Waals surface area contributed by atoms with Gasteiger partial charge in [0.05, 0.1) is 10.6 Å². The molecular weight excluding hydrogens is 326 g/mol. The highest BCUT2D eigenvalue weighted by Gasteiger charge is 2.21. The molecule has 25 heavy (non-hydrogen) atoms. The first-order valence-corrected chi connectivity index (χ1v) is 7.27. The lowest BCUT2D eigenvalue weighted by molar-refractivity contribution is -0.384. The van der Waals surface area contributed by atoms with Crippen LogP contribution in [0.2, 0.25) is 0 Å². The summed E-state index contributed by atoms with van der Waals surface area (Å²) in [5.41, 5.74) is 9.68. The van der Waals surface area contributed by atoms with Crippen molar-refractivity contribution in [1.29, 1.82) is 0 Å². The Kier molecular flexibility index (Phi) is 5.18. The first kappa shape index (κ1) is 17.7. The molecule has 0 aliphatic heterocycles. The van der Waals surface area contributed by atoms with Crippen LogP contribution in [0.15, 0.2) is 42.5 Å². The van der Waals surface area contributed by atoms with E-state index in [2.05, 4.69) is 10.7 Å². The second-order valence-electron chi connectivity index (χ2n) is 5.29. The molecule has 2 aromatic rings. The van der Waals surface area contributed by atoms with Gasteiger partial charge >= 0.3 is 12.1 Å². The van der Waals surface area contributed by atoms with Crippen molar-refractivity contribution in [3.05, 3.63) is 63.7 Å². The molecule has 0 saturated carbocycles. The Bertz CT molecular complexity index is 800. The van der Waals surface area contributed by atoms with Gasteiger partial charge in [-0.25, -0.2) is 20.0 Å². The van der Waals surface area contributed by atoms with Crippen molar-refractivity contribution in [2.24, 2.45) is 5.73 Å². The third-order valence-electron chi connectivity index (χ3n) is 3.42. The Balaban J connectivity index is 2.30. The number of primary amides is 1. The van der Waals surface area contributed by atoms with E-state index in [0.717, 1.165) is 16.1 Å². The topological polar surface area (TPSA) is 131 Å². The highest BCUT2D eigenvalue weighted by Crippen LogP contribution is 2.24. The predicted molar refractivity (Wildman–Crippen MR) is 93.2 cm³/mol. The largest absolute Gasteiger partial charge is 0.350 e. The lowest BCUT2D eigenvalue weighted by Gasteiger charge is -2.25. The Hall–Kier alpha value is -3.62. The van der Waals surface area contributed by atoms with Crippen LogP contribution in [-0.4, -0.2) is 17.0 Å². The maximum atomic E-state index is 12.6. The standard InChI is InChI=1S/C16H17N5O4/c1-10-4-3-5-11(2)14(10)20(19-15(17)22)16(23)18-12-6-8-13(9-7-12)21(24)25/h3-9H,1-2H3,(H,18,23)(H3,17,19,22). The van der Waals surface area contributed by atoms with Crippen LogP contribution in [0.25, 0.3) is 0 Å². The number of hydrogen-bond acceptors (Lipinski definition) is 4. The molecule has 4 amide bonds. The molecule has 2 rings (SSSR count). The highest BCUT2D eigenvalue weighted by atomic mass is 16.6. The third-order valence-corrected chi connectivity index (χ3v) is 3.42. The number of benzene rings is 2. The van der Waals surface area contributed by atoms with Crippen molar-refractivity contribution < 1.29 is 14.5 Å². The molecule has 0 aliphatic carbocycles. The Morgan fingerprint density at radius 2 is 1.64 bits per heavy atom. The number of hydrogen-bond donors (Lipinski definition) is 3. The predicted octanol–water partition coefficient (Wildman–Crippen LogP) is 2.83. The van der Waals surface area contributed by atoms with E-state index in [9.17, 15) is 19.7 Å². The van der Waals surface area contributed by atoms with Gasteiger partial charge in [-0.15, -0.1) is 0 Å². The fraction of sp³-hybridized carbons (Fsp3) is 0.125. The molecule has 0 bridgehead atoms. The van der Waals surface area contributed by atoms with Gasteiger partial charge in [0.15, 0.2) is 0 Å². The van der Waals surface area contributed by atoms with Gasteiger partial charge in [-0.2, -0.15) is 0 Å². The van der Waals surface area contributed by atoms with Crippen molar-refractivity contribution in [3.8, 4) is 0 Å². The summed E-state index contributed by atoms with van der Waals surface area (Å²) in [6.07, 6.45) is 0. The van der Waals surface area contributed by atoms with E-state index in [1.165, 1.54) is 24.3 Å². The van der Waals surface area contributed by atoms with Gasteiger partial charge in [-0.05, 0) is 37.1 Å². The first-order chi connectivity index (χ1) is 11.8. The zero-order valence-corrected chi connectivity index (χ0v) is 13.6. The lowest BCUT2D eigenvalue weighted by atomic mass is 10.1. The molecule has 130 valence electrons. The van der Waals surface area contributed by atoms with Crippen LogP contribution in [0.1, 0.15) is 11.1 Å². The number of anilines is 2. The number of rotatable bonds is 3. The van der Waals surface area contributed by atoms with Crippen molar-refractivity contribution in [2.45, 2.75) is 13.8 Å². The third kappa shape index (κ3) is 4.22. The van der Waals surface area contributed by atoms with Crippen molar-refractivity contribution in [1.82, 2.24) is 5.43 Å². The SMILES string of the molecule is Cc1cccc(C)c1N(NC(N)=O)C(=O)Nc1ccc([N+](=O)[O-])cc1. The summed E-state index contributed by atoms with van der Waals surface area (Å²) in [5.74, 6) is 0. The summed E-state index contributed by atoms with van der Waals surface area (Å²) in [6, 6.07) is 9.15. The fourth-order valence-electron chi connectivity index (χ4n) is 2.32. The maximum absolute atomic E-state index is 12.6. The second kappa shape index (κ2) is 7.30. The maximum Gasteiger partial charge on any atom is 0.345 e. The smallest absolute Gasteiger partial charge is 0.345 e. The summed E-state index contributed by atoms with van der Waals surface area (Å²) >= 11 is 0. The van der Waals surface area contributed by atoms with E-state index >= 15 is 0 Å². The molecule has 0 radical (unpaired) electrons. The Morgan fingerprint density at radius 3 is 2.12 bits per heavy atom. The normalized spacial score (nSPS) is 10.0. The summed E-state index contributed by atoms with van der Waals surface area (Å²) in [7, 11) is 0. The van der Waals surface area contributed by atoms with E-state index in [0.29, 0.717) is 11.4 Å². The zero-order chi connectivity index (χ0) is 18.6. The van der Waals surface area contributed by atoms with Gasteiger partial charge < -0.3 is 11.1 Å². The number of hydrazine groups is 1. The number of carbonyl (C=O) groups is 2.